The highest BCUT2D eigenvalue weighted by Gasteiger charge is 2.41. The molecule has 9 heteroatoms. The number of nitrogens with zero attached hydrogens (tertiary/aromatic N) is 4. The van der Waals surface area contributed by atoms with Crippen LogP contribution in [-0.2, 0) is 17.1 Å². The molecule has 0 saturated carbocycles. The van der Waals surface area contributed by atoms with Crippen LogP contribution in [0.2, 0.25) is 0 Å². The molecule has 1 N–H and O–H groups in total. The molecule has 1 aliphatic rings. The molecule has 1 saturated heterocycles. The molecule has 4 rings (SSSR count). The molecular formula is C19H20FN5O2S. The lowest BCUT2D eigenvalue weighted by molar-refractivity contribution is 0.468. The number of nitrogens with one attached hydrogen (secondary N) is 1. The molecule has 146 valence electrons. The number of sulfonamides is 1. The van der Waals surface area contributed by atoms with Gasteiger partial charge in [0.1, 0.15) is 0 Å². The van der Waals surface area contributed by atoms with E-state index in [1.807, 2.05) is 30.3 Å². The fourth-order valence-electron chi connectivity index (χ4n) is 3.51. The van der Waals surface area contributed by atoms with Gasteiger partial charge in [-0.1, -0.05) is 30.3 Å². The number of imidazole rings is 1. The van der Waals surface area contributed by atoms with Crippen LogP contribution in [0.5, 0.6) is 0 Å². The first kappa shape index (κ1) is 18.6. The van der Waals surface area contributed by atoms with Crippen molar-refractivity contribution in [1.29, 1.82) is 0 Å². The van der Waals surface area contributed by atoms with Gasteiger partial charge in [-0.05, 0) is 11.6 Å². The smallest absolute Gasteiger partial charge is 0.262 e. The number of benzene rings is 1. The number of rotatable bonds is 5. The normalized spacial score (nSPS) is 20.4. The van der Waals surface area contributed by atoms with Crippen LogP contribution in [0.1, 0.15) is 11.5 Å². The van der Waals surface area contributed by atoms with Crippen molar-refractivity contribution in [3.05, 3.63) is 72.7 Å². The Morgan fingerprint density at radius 2 is 1.93 bits per heavy atom. The topological polar surface area (TPSA) is 80.1 Å². The van der Waals surface area contributed by atoms with Crippen LogP contribution in [0, 0.1) is 5.95 Å². The molecule has 0 amide bonds. The van der Waals surface area contributed by atoms with Crippen LogP contribution in [0.15, 0.2) is 66.2 Å². The largest absolute Gasteiger partial charge is 0.380 e. The van der Waals surface area contributed by atoms with Gasteiger partial charge in [0.25, 0.3) is 10.0 Å². The Morgan fingerprint density at radius 1 is 1.14 bits per heavy atom. The molecule has 7 nitrogen and oxygen atoms in total. The van der Waals surface area contributed by atoms with Crippen LogP contribution in [0.4, 0.5) is 10.1 Å². The van der Waals surface area contributed by atoms with E-state index in [0.717, 1.165) is 5.56 Å². The van der Waals surface area contributed by atoms with Gasteiger partial charge in [-0.25, -0.2) is 18.4 Å². The maximum Gasteiger partial charge on any atom is 0.262 e. The molecule has 2 atom stereocenters. The Hall–Kier alpha value is -2.78. The molecular weight excluding hydrogens is 381 g/mol. The summed E-state index contributed by atoms with van der Waals surface area (Å²) in [6, 6.07) is 12.5. The molecule has 0 bridgehead atoms. The number of pyridine rings is 1. The number of hydrogen-bond acceptors (Lipinski definition) is 5. The van der Waals surface area contributed by atoms with E-state index in [0.29, 0.717) is 12.2 Å². The fourth-order valence-corrected chi connectivity index (χ4v) is 4.97. The third-order valence-electron chi connectivity index (χ3n) is 4.88. The van der Waals surface area contributed by atoms with E-state index in [1.165, 1.54) is 29.1 Å². The third kappa shape index (κ3) is 3.63. The zero-order valence-electron chi connectivity index (χ0n) is 15.2. The monoisotopic (exact) mass is 401 g/mol. The number of halogens is 1. The fraction of sp³-hybridized carbons (Fsp3) is 0.263. The first-order valence-electron chi connectivity index (χ1n) is 8.84. The highest BCUT2D eigenvalue weighted by molar-refractivity contribution is 7.89. The van der Waals surface area contributed by atoms with Crippen molar-refractivity contribution in [1.82, 2.24) is 18.8 Å². The molecule has 0 unspecified atom stereocenters. The first-order valence-corrected chi connectivity index (χ1v) is 10.3. The van der Waals surface area contributed by atoms with E-state index < -0.39 is 16.0 Å². The van der Waals surface area contributed by atoms with Crippen molar-refractivity contribution in [2.45, 2.75) is 17.0 Å². The van der Waals surface area contributed by atoms with E-state index in [9.17, 15) is 12.8 Å². The molecule has 0 aliphatic carbocycles. The Bertz CT molecular complexity index is 1070. The van der Waals surface area contributed by atoms with E-state index in [-0.39, 0.29) is 23.5 Å². The lowest BCUT2D eigenvalue weighted by Gasteiger charge is -2.21. The minimum Gasteiger partial charge on any atom is -0.380 e. The zero-order valence-corrected chi connectivity index (χ0v) is 16.1. The Kier molecular flexibility index (Phi) is 4.86. The predicted molar refractivity (Wildman–Crippen MR) is 103 cm³/mol. The number of anilines is 1. The molecule has 3 aromatic rings. The van der Waals surface area contributed by atoms with E-state index in [4.69, 9.17) is 0 Å². The van der Waals surface area contributed by atoms with Crippen LogP contribution in [0.3, 0.4) is 0 Å². The van der Waals surface area contributed by atoms with Gasteiger partial charge in [0.2, 0.25) is 5.95 Å². The molecule has 1 aromatic carbocycles. The van der Waals surface area contributed by atoms with E-state index in [2.05, 4.69) is 15.3 Å². The van der Waals surface area contributed by atoms with Gasteiger partial charge in [0.15, 0.2) is 5.03 Å². The highest BCUT2D eigenvalue weighted by Crippen LogP contribution is 2.33. The number of hydrogen-bond donors (Lipinski definition) is 1. The van der Waals surface area contributed by atoms with Crippen molar-refractivity contribution < 1.29 is 12.8 Å². The van der Waals surface area contributed by atoms with Crippen LogP contribution in [0.25, 0.3) is 0 Å². The van der Waals surface area contributed by atoms with E-state index >= 15 is 0 Å². The Labute approximate surface area is 162 Å². The second kappa shape index (κ2) is 7.33. The van der Waals surface area contributed by atoms with Crippen molar-refractivity contribution in [2.75, 3.05) is 18.4 Å². The zero-order chi connectivity index (χ0) is 19.7. The van der Waals surface area contributed by atoms with Gasteiger partial charge in [-0.15, -0.1) is 0 Å². The molecule has 0 radical (unpaired) electrons. The lowest BCUT2D eigenvalue weighted by Crippen LogP contribution is -2.32. The van der Waals surface area contributed by atoms with Crippen molar-refractivity contribution in [3.8, 4) is 0 Å². The average molecular weight is 401 g/mol. The third-order valence-corrected chi connectivity index (χ3v) is 6.60. The average Bonchev–Trinajstić information content (AvgIpc) is 3.30. The van der Waals surface area contributed by atoms with Gasteiger partial charge in [0, 0.05) is 56.2 Å². The molecule has 2 aromatic heterocycles. The number of aromatic nitrogens is 3. The summed E-state index contributed by atoms with van der Waals surface area (Å²) in [6.45, 7) is 0.566. The summed E-state index contributed by atoms with van der Waals surface area (Å²) < 4.78 is 42.6. The van der Waals surface area contributed by atoms with Crippen LogP contribution < -0.4 is 5.32 Å². The maximum atomic E-state index is 13.5. The van der Waals surface area contributed by atoms with Gasteiger partial charge in [-0.3, -0.25) is 0 Å². The highest BCUT2D eigenvalue weighted by atomic mass is 32.2. The minimum absolute atomic E-state index is 0.0254. The van der Waals surface area contributed by atoms with Crippen LogP contribution >= 0.6 is 0 Å². The minimum atomic E-state index is -3.72. The Morgan fingerprint density at radius 3 is 2.61 bits per heavy atom. The molecule has 28 heavy (non-hydrogen) atoms. The lowest BCUT2D eigenvalue weighted by atomic mass is 9.94. The number of aryl methyl sites for hydroxylation is 1. The molecule has 1 fully saturated rings. The summed E-state index contributed by atoms with van der Waals surface area (Å²) in [5, 5.41) is 3.30. The second-order valence-electron chi connectivity index (χ2n) is 6.83. The van der Waals surface area contributed by atoms with E-state index in [1.54, 1.807) is 17.7 Å². The SMILES string of the molecule is Cn1cnc(S(=O)(=O)N2C[C@H](Nc3ccnc(F)c3)[C@@H](c3ccccc3)C2)c1. The van der Waals surface area contributed by atoms with Gasteiger partial charge in [0.05, 0.1) is 6.33 Å². The van der Waals surface area contributed by atoms with Gasteiger partial charge >= 0.3 is 0 Å². The van der Waals surface area contributed by atoms with Crippen molar-refractivity contribution in [3.63, 3.8) is 0 Å². The van der Waals surface area contributed by atoms with Crippen molar-refractivity contribution >= 4 is 15.7 Å². The predicted octanol–water partition coefficient (Wildman–Crippen LogP) is 2.22. The summed E-state index contributed by atoms with van der Waals surface area (Å²) in [7, 11) is -1.99. The van der Waals surface area contributed by atoms with Crippen LogP contribution in [-0.4, -0.2) is 46.4 Å². The second-order valence-corrected chi connectivity index (χ2v) is 8.72. The summed E-state index contributed by atoms with van der Waals surface area (Å²) in [4.78, 5) is 7.57. The molecule has 3 heterocycles. The summed E-state index contributed by atoms with van der Waals surface area (Å²) in [5.41, 5.74) is 1.59. The summed E-state index contributed by atoms with van der Waals surface area (Å²) in [6.07, 6.45) is 4.34. The van der Waals surface area contributed by atoms with Gasteiger partial charge < -0.3 is 9.88 Å². The molecule has 0 spiro atoms. The van der Waals surface area contributed by atoms with Crippen molar-refractivity contribution in [2.24, 2.45) is 7.05 Å². The summed E-state index contributed by atoms with van der Waals surface area (Å²) >= 11 is 0. The Balaban J connectivity index is 1.65. The molecule has 1 aliphatic heterocycles. The summed E-state index contributed by atoms with van der Waals surface area (Å²) in [5.74, 6) is -0.673. The first-order chi connectivity index (χ1) is 13.4. The standard InChI is InChI=1S/C19H20FN5O2S/c1-24-12-19(22-13-24)28(26,27)25-10-16(14-5-3-2-4-6-14)17(11-25)23-15-7-8-21-18(20)9-15/h2-9,12-13,16-17H,10-11H2,1H3,(H,21,23)/t16-,17+/m1/s1. The van der Waals surface area contributed by atoms with Gasteiger partial charge in [-0.2, -0.15) is 8.70 Å². The quantitative estimate of drug-likeness (QED) is 0.663. The maximum absolute atomic E-state index is 13.5.